The van der Waals surface area contributed by atoms with E-state index in [0.29, 0.717) is 30.8 Å². The van der Waals surface area contributed by atoms with Crippen LogP contribution in [-0.2, 0) is 19.5 Å². The third-order valence-corrected chi connectivity index (χ3v) is 4.81. The van der Waals surface area contributed by atoms with Crippen LogP contribution in [0.1, 0.15) is 21.7 Å². The second-order valence-electron chi connectivity index (χ2n) is 5.45. The van der Waals surface area contributed by atoms with E-state index in [1.54, 1.807) is 11.1 Å². The summed E-state index contributed by atoms with van der Waals surface area (Å²) in [5, 5.41) is 13.9. The highest BCUT2D eigenvalue weighted by molar-refractivity contribution is 7.15. The summed E-state index contributed by atoms with van der Waals surface area (Å²) in [5.74, 6) is -0.137. The molecule has 0 unspecified atom stereocenters. The fourth-order valence-corrected chi connectivity index (χ4v) is 3.60. The van der Waals surface area contributed by atoms with Crippen LogP contribution in [0, 0.1) is 0 Å². The van der Waals surface area contributed by atoms with Crippen molar-refractivity contribution in [1.82, 2.24) is 24.1 Å². The minimum atomic E-state index is -0.137. The number of amides is 1. The molecule has 4 rings (SSSR count). The highest BCUT2D eigenvalue weighted by Gasteiger charge is 2.27. The predicted octanol–water partition coefficient (Wildman–Crippen LogP) is 0.0764. The molecule has 0 radical (unpaired) electrons. The van der Waals surface area contributed by atoms with Crippen LogP contribution in [0.2, 0.25) is 0 Å². The maximum absolute atomic E-state index is 12.6. The average Bonchev–Trinajstić information content (AvgIpc) is 3.21. The average molecular weight is 333 g/mol. The lowest BCUT2D eigenvalue weighted by atomic mass is 10.1. The van der Waals surface area contributed by atoms with Gasteiger partial charge in [-0.3, -0.25) is 23.8 Å². The van der Waals surface area contributed by atoms with Crippen molar-refractivity contribution in [1.29, 1.82) is 0 Å². The van der Waals surface area contributed by atoms with Crippen LogP contribution >= 0.6 is 11.3 Å². The van der Waals surface area contributed by atoms with Gasteiger partial charge < -0.3 is 10.0 Å². The van der Waals surface area contributed by atoms with Crippen molar-refractivity contribution < 1.29 is 9.90 Å². The van der Waals surface area contributed by atoms with Gasteiger partial charge in [-0.2, -0.15) is 0 Å². The number of hydrogen-bond acceptors (Lipinski definition) is 5. The summed E-state index contributed by atoms with van der Waals surface area (Å²) in [6, 6.07) is 0. The smallest absolute Gasteiger partial charge is 0.274 e. The van der Waals surface area contributed by atoms with Crippen molar-refractivity contribution in [3.05, 3.63) is 45.1 Å². The van der Waals surface area contributed by atoms with E-state index in [0.717, 1.165) is 10.7 Å². The van der Waals surface area contributed by atoms with Crippen molar-refractivity contribution in [2.24, 2.45) is 0 Å². The third kappa shape index (κ3) is 2.28. The Hall–Kier alpha value is -2.39. The molecule has 2 N–H and O–H groups in total. The van der Waals surface area contributed by atoms with Crippen LogP contribution in [0.3, 0.4) is 0 Å². The number of thiazole rings is 1. The second-order valence-corrected chi connectivity index (χ2v) is 6.32. The zero-order chi connectivity index (χ0) is 16.0. The summed E-state index contributed by atoms with van der Waals surface area (Å²) in [6.45, 7) is 0.973. The van der Waals surface area contributed by atoms with E-state index in [4.69, 9.17) is 5.11 Å². The van der Waals surface area contributed by atoms with Gasteiger partial charge in [-0.15, -0.1) is 11.3 Å². The summed E-state index contributed by atoms with van der Waals surface area (Å²) < 4.78 is 3.22. The second kappa shape index (κ2) is 5.36. The molecule has 1 aliphatic rings. The molecule has 3 aromatic rings. The van der Waals surface area contributed by atoms with Crippen LogP contribution < -0.4 is 5.56 Å². The van der Waals surface area contributed by atoms with Crippen LogP contribution in [-0.4, -0.2) is 48.2 Å². The molecule has 1 amide bonds. The molecule has 23 heavy (non-hydrogen) atoms. The van der Waals surface area contributed by atoms with E-state index in [-0.39, 0.29) is 24.6 Å². The summed E-state index contributed by atoms with van der Waals surface area (Å²) in [4.78, 5) is 31.6. The van der Waals surface area contributed by atoms with E-state index in [1.807, 2.05) is 16.0 Å². The molecule has 0 saturated heterocycles. The van der Waals surface area contributed by atoms with Gasteiger partial charge in [-0.25, -0.2) is 4.98 Å². The molecule has 9 heteroatoms. The largest absolute Gasteiger partial charge is 0.394 e. The molecule has 120 valence electrons. The van der Waals surface area contributed by atoms with Crippen LogP contribution in [0.25, 0.3) is 4.96 Å². The quantitative estimate of drug-likeness (QED) is 0.709. The molecular weight excluding hydrogens is 318 g/mol. The molecule has 0 atom stereocenters. The standard InChI is InChI=1S/C14H15N5O3S/c20-5-3-19-12(21)9-1-2-17(7-10(9)16-19)13(22)11-8-18-4-6-23-14(18)15-11/h4,6,8,16,20H,1-3,5,7H2. The number of carbonyl (C=O) groups is 1. The molecular formula is C14H15N5O3S. The van der Waals surface area contributed by atoms with Crippen molar-refractivity contribution in [3.63, 3.8) is 0 Å². The van der Waals surface area contributed by atoms with E-state index < -0.39 is 0 Å². The highest BCUT2D eigenvalue weighted by Crippen LogP contribution is 2.18. The van der Waals surface area contributed by atoms with Crippen molar-refractivity contribution in [3.8, 4) is 0 Å². The van der Waals surface area contributed by atoms with Crippen LogP contribution in [0.4, 0.5) is 0 Å². The summed E-state index contributed by atoms with van der Waals surface area (Å²) in [6.07, 6.45) is 4.10. The molecule has 0 fully saturated rings. The van der Waals surface area contributed by atoms with Crippen molar-refractivity contribution >= 4 is 22.2 Å². The number of aliphatic hydroxyl groups excluding tert-OH is 1. The Labute approximate surface area is 134 Å². The van der Waals surface area contributed by atoms with Crippen molar-refractivity contribution in [2.75, 3.05) is 13.2 Å². The molecule has 8 nitrogen and oxygen atoms in total. The Balaban J connectivity index is 1.59. The minimum Gasteiger partial charge on any atom is -0.394 e. The normalized spacial score (nSPS) is 14.4. The number of aromatic nitrogens is 4. The van der Waals surface area contributed by atoms with Gasteiger partial charge in [-0.05, 0) is 6.42 Å². The summed E-state index contributed by atoms with van der Waals surface area (Å²) in [5.41, 5.74) is 1.75. The summed E-state index contributed by atoms with van der Waals surface area (Å²) >= 11 is 1.48. The fraction of sp³-hybridized carbons (Fsp3) is 0.357. The number of aromatic amines is 1. The zero-order valence-electron chi connectivity index (χ0n) is 12.2. The van der Waals surface area contributed by atoms with E-state index in [1.165, 1.54) is 16.0 Å². The first-order valence-corrected chi connectivity index (χ1v) is 8.18. The lowest BCUT2D eigenvalue weighted by molar-refractivity contribution is 0.0727. The molecule has 0 spiro atoms. The highest BCUT2D eigenvalue weighted by atomic mass is 32.1. The van der Waals surface area contributed by atoms with Gasteiger partial charge in [0.15, 0.2) is 4.96 Å². The van der Waals surface area contributed by atoms with Crippen molar-refractivity contribution in [2.45, 2.75) is 19.5 Å². The van der Waals surface area contributed by atoms with Gasteiger partial charge >= 0.3 is 0 Å². The topological polar surface area (TPSA) is 95.6 Å². The number of hydrogen-bond donors (Lipinski definition) is 2. The van der Waals surface area contributed by atoms with Gasteiger partial charge in [0, 0.05) is 29.9 Å². The maximum Gasteiger partial charge on any atom is 0.274 e. The van der Waals surface area contributed by atoms with Gasteiger partial charge in [0.25, 0.3) is 11.5 Å². The first-order valence-electron chi connectivity index (χ1n) is 7.30. The molecule has 0 aromatic carbocycles. The number of imidazole rings is 1. The lowest BCUT2D eigenvalue weighted by Crippen LogP contribution is -2.37. The van der Waals surface area contributed by atoms with Gasteiger partial charge in [0.2, 0.25) is 0 Å². The lowest BCUT2D eigenvalue weighted by Gasteiger charge is -2.25. The number of nitrogens with zero attached hydrogens (tertiary/aromatic N) is 4. The zero-order valence-corrected chi connectivity index (χ0v) is 13.0. The maximum atomic E-state index is 12.6. The number of carbonyl (C=O) groups excluding carboxylic acids is 1. The minimum absolute atomic E-state index is 0.104. The SMILES string of the molecule is O=C(c1cn2ccsc2n1)N1CCc2c([nH]n(CCO)c2=O)C1. The number of fused-ring (bicyclic) bond motifs is 2. The molecule has 3 aromatic heterocycles. The van der Waals surface area contributed by atoms with Gasteiger partial charge in [-0.1, -0.05) is 0 Å². The Morgan fingerprint density at radius 3 is 3.13 bits per heavy atom. The Morgan fingerprint density at radius 1 is 1.48 bits per heavy atom. The van der Waals surface area contributed by atoms with E-state index in [9.17, 15) is 9.59 Å². The van der Waals surface area contributed by atoms with Gasteiger partial charge in [0.1, 0.15) is 5.69 Å². The monoisotopic (exact) mass is 333 g/mol. The number of rotatable bonds is 3. The number of nitrogens with one attached hydrogen (secondary N) is 1. The molecule has 1 aliphatic heterocycles. The van der Waals surface area contributed by atoms with Crippen LogP contribution in [0.5, 0.6) is 0 Å². The molecule has 0 saturated carbocycles. The molecule has 4 heterocycles. The van der Waals surface area contributed by atoms with E-state index in [2.05, 4.69) is 10.1 Å². The third-order valence-electron chi connectivity index (χ3n) is 4.04. The molecule has 0 aliphatic carbocycles. The predicted molar refractivity (Wildman–Crippen MR) is 83.7 cm³/mol. The Kier molecular flexibility index (Phi) is 3.31. The Bertz CT molecular complexity index is 905. The Morgan fingerprint density at radius 2 is 2.35 bits per heavy atom. The fourth-order valence-electron chi connectivity index (χ4n) is 2.90. The summed E-state index contributed by atoms with van der Waals surface area (Å²) in [7, 11) is 0. The van der Waals surface area contributed by atoms with E-state index >= 15 is 0 Å². The van der Waals surface area contributed by atoms with Gasteiger partial charge in [0.05, 0.1) is 25.4 Å². The number of H-pyrrole nitrogens is 1. The van der Waals surface area contributed by atoms with Crippen LogP contribution in [0.15, 0.2) is 22.6 Å². The molecule has 0 bridgehead atoms. The first-order chi connectivity index (χ1) is 11.2. The first kappa shape index (κ1) is 14.2. The number of aliphatic hydroxyl groups is 1.